The van der Waals surface area contributed by atoms with E-state index >= 15 is 0 Å². The molecular formula is C23H23N5O3. The Hall–Kier alpha value is -4.07. The molecule has 0 aliphatic rings. The Morgan fingerprint density at radius 1 is 0.968 bits per heavy atom. The van der Waals surface area contributed by atoms with E-state index in [-0.39, 0.29) is 22.2 Å². The van der Waals surface area contributed by atoms with E-state index in [1.807, 2.05) is 54.6 Å². The predicted octanol–water partition coefficient (Wildman–Crippen LogP) is 2.42. The zero-order valence-electron chi connectivity index (χ0n) is 17.8. The van der Waals surface area contributed by atoms with E-state index in [1.165, 1.54) is 4.68 Å². The number of benzene rings is 2. The number of ether oxygens (including phenoxy) is 1. The van der Waals surface area contributed by atoms with Gasteiger partial charge in [0.15, 0.2) is 5.69 Å². The summed E-state index contributed by atoms with van der Waals surface area (Å²) >= 11 is 0. The van der Waals surface area contributed by atoms with E-state index in [4.69, 9.17) is 4.74 Å². The number of hydrogen-bond acceptors (Lipinski definition) is 4. The van der Waals surface area contributed by atoms with Crippen LogP contribution in [0.4, 0.5) is 5.69 Å². The van der Waals surface area contributed by atoms with Crippen molar-refractivity contribution in [2.45, 2.75) is 6.92 Å². The molecule has 158 valence electrons. The van der Waals surface area contributed by atoms with Gasteiger partial charge in [-0.3, -0.25) is 24.1 Å². The van der Waals surface area contributed by atoms with Gasteiger partial charge >= 0.3 is 0 Å². The fourth-order valence-corrected chi connectivity index (χ4v) is 3.49. The van der Waals surface area contributed by atoms with E-state index in [1.54, 1.807) is 43.6 Å². The molecule has 0 amide bonds. The number of methoxy groups -OCH3 is 1. The van der Waals surface area contributed by atoms with Crippen LogP contribution in [0.2, 0.25) is 0 Å². The molecule has 0 aliphatic carbocycles. The summed E-state index contributed by atoms with van der Waals surface area (Å²) in [6.45, 7) is 1.81. The third-order valence-electron chi connectivity index (χ3n) is 5.28. The summed E-state index contributed by atoms with van der Waals surface area (Å²) in [5.41, 5.74) is 2.57. The average Bonchev–Trinajstić information content (AvgIpc) is 2.99. The third kappa shape index (κ3) is 3.63. The lowest BCUT2D eigenvalue weighted by molar-refractivity contribution is 0.415. The lowest BCUT2D eigenvalue weighted by Crippen LogP contribution is -2.31. The molecule has 0 bridgehead atoms. The summed E-state index contributed by atoms with van der Waals surface area (Å²) in [4.78, 5) is 30.2. The molecule has 2 aromatic carbocycles. The summed E-state index contributed by atoms with van der Waals surface area (Å²) in [5.74, 6) is 0.738. The normalized spacial score (nSPS) is 11.7. The fourth-order valence-electron chi connectivity index (χ4n) is 3.49. The van der Waals surface area contributed by atoms with Crippen molar-refractivity contribution in [1.29, 1.82) is 0 Å². The molecule has 0 fully saturated rings. The second kappa shape index (κ2) is 7.98. The maximum Gasteiger partial charge on any atom is 0.297 e. The van der Waals surface area contributed by atoms with Gasteiger partial charge in [-0.2, -0.15) is 0 Å². The van der Waals surface area contributed by atoms with Crippen LogP contribution in [0, 0.1) is 6.92 Å². The molecule has 0 spiro atoms. The first-order valence-corrected chi connectivity index (χ1v) is 9.74. The van der Waals surface area contributed by atoms with Crippen molar-refractivity contribution < 1.29 is 4.74 Å². The lowest BCUT2D eigenvalue weighted by Gasteiger charge is -2.09. The van der Waals surface area contributed by atoms with E-state index in [9.17, 15) is 9.59 Å². The molecule has 8 nitrogen and oxygen atoms in total. The highest BCUT2D eigenvalue weighted by atomic mass is 16.5. The van der Waals surface area contributed by atoms with Gasteiger partial charge in [-0.15, -0.1) is 0 Å². The molecule has 0 unspecified atom stereocenters. The van der Waals surface area contributed by atoms with Crippen molar-refractivity contribution in [2.75, 3.05) is 7.11 Å². The van der Waals surface area contributed by atoms with Gasteiger partial charge in [0.25, 0.3) is 11.1 Å². The minimum Gasteiger partial charge on any atom is -0.497 e. The van der Waals surface area contributed by atoms with Gasteiger partial charge in [0.05, 0.1) is 24.2 Å². The first-order chi connectivity index (χ1) is 14.9. The van der Waals surface area contributed by atoms with Gasteiger partial charge in [-0.1, -0.05) is 18.2 Å². The molecule has 0 saturated carbocycles. The summed E-state index contributed by atoms with van der Waals surface area (Å²) in [7, 11) is 5.15. The van der Waals surface area contributed by atoms with Gasteiger partial charge in [-0.25, -0.2) is 9.67 Å². The molecule has 4 rings (SSSR count). The van der Waals surface area contributed by atoms with E-state index < -0.39 is 0 Å². The minimum atomic E-state index is -0.381. The van der Waals surface area contributed by atoms with E-state index in [2.05, 4.69) is 10.1 Å². The molecule has 31 heavy (non-hydrogen) atoms. The Balaban J connectivity index is 1.90. The van der Waals surface area contributed by atoms with E-state index in [0.717, 1.165) is 22.7 Å². The molecule has 0 radical (unpaired) electrons. The second-order valence-corrected chi connectivity index (χ2v) is 7.17. The molecule has 4 aromatic rings. The Labute approximate surface area is 178 Å². The van der Waals surface area contributed by atoms with Crippen LogP contribution in [0.3, 0.4) is 0 Å². The second-order valence-electron chi connectivity index (χ2n) is 7.17. The Bertz CT molecular complexity index is 1420. The zero-order valence-corrected chi connectivity index (χ0v) is 17.8. The van der Waals surface area contributed by atoms with Crippen LogP contribution in [-0.2, 0) is 14.1 Å². The quantitative estimate of drug-likeness (QED) is 0.553. The largest absolute Gasteiger partial charge is 0.497 e. The van der Waals surface area contributed by atoms with Crippen molar-refractivity contribution in [1.82, 2.24) is 19.1 Å². The number of H-pyrrole nitrogens is 1. The van der Waals surface area contributed by atoms with Crippen LogP contribution in [0.25, 0.3) is 16.9 Å². The highest BCUT2D eigenvalue weighted by Gasteiger charge is 2.16. The van der Waals surface area contributed by atoms with Crippen molar-refractivity contribution in [3.05, 3.63) is 92.4 Å². The van der Waals surface area contributed by atoms with Gasteiger partial charge in [0, 0.05) is 14.1 Å². The van der Waals surface area contributed by atoms with Crippen LogP contribution < -0.4 is 21.2 Å². The first-order valence-electron chi connectivity index (χ1n) is 9.74. The number of nitrogens with one attached hydrogen (secondary N) is 1. The summed E-state index contributed by atoms with van der Waals surface area (Å²) in [6.07, 6.45) is 0. The average molecular weight is 417 g/mol. The smallest absolute Gasteiger partial charge is 0.297 e. The number of aromatic nitrogens is 4. The number of aromatic amines is 1. The summed E-state index contributed by atoms with van der Waals surface area (Å²) in [5, 5.41) is 2.93. The van der Waals surface area contributed by atoms with Gasteiger partial charge in [0.2, 0.25) is 0 Å². The zero-order chi connectivity index (χ0) is 22.1. The Morgan fingerprint density at radius 2 is 1.65 bits per heavy atom. The molecule has 0 atom stereocenters. The van der Waals surface area contributed by atoms with Crippen LogP contribution in [0.1, 0.15) is 5.69 Å². The van der Waals surface area contributed by atoms with Crippen molar-refractivity contribution in [3.63, 3.8) is 0 Å². The topological polar surface area (TPSA) is 86.3 Å². The minimum absolute atomic E-state index is 0.162. The predicted molar refractivity (Wildman–Crippen MR) is 119 cm³/mol. The first kappa shape index (κ1) is 20.2. The number of rotatable bonds is 4. The third-order valence-corrected chi connectivity index (χ3v) is 5.28. The van der Waals surface area contributed by atoms with Crippen molar-refractivity contribution >= 4 is 5.69 Å². The van der Waals surface area contributed by atoms with Crippen molar-refractivity contribution in [2.24, 2.45) is 19.1 Å². The molecule has 8 heteroatoms. The van der Waals surface area contributed by atoms with Crippen LogP contribution in [0.15, 0.2) is 75.2 Å². The lowest BCUT2D eigenvalue weighted by atomic mass is 10.1. The molecule has 1 N–H and O–H groups in total. The van der Waals surface area contributed by atoms with Gasteiger partial charge < -0.3 is 4.74 Å². The molecule has 2 aromatic heterocycles. The molecular weight excluding hydrogens is 394 g/mol. The Morgan fingerprint density at radius 3 is 2.29 bits per heavy atom. The highest BCUT2D eigenvalue weighted by molar-refractivity contribution is 5.60. The standard InChI is InChI=1S/C23H23N5O3/c1-15-21(23(30)28(27(15)3)17-8-6-5-7-9-17)24-19-14-20(26(2)25-22(19)29)16-10-12-18(31-4)13-11-16/h5-14H,1-4H3,(H,25,29). The maximum atomic E-state index is 13.1. The van der Waals surface area contributed by atoms with Gasteiger partial charge in [0.1, 0.15) is 11.1 Å². The fraction of sp³-hybridized carbons (Fsp3) is 0.174. The number of hydrogen-bond donors (Lipinski definition) is 1. The van der Waals surface area contributed by atoms with Crippen LogP contribution >= 0.6 is 0 Å². The number of para-hydroxylation sites is 1. The summed E-state index contributed by atoms with van der Waals surface area (Å²) in [6, 6.07) is 18.5. The monoisotopic (exact) mass is 417 g/mol. The molecule has 0 aliphatic heterocycles. The number of nitrogens with zero attached hydrogens (tertiary/aromatic N) is 4. The Kier molecular flexibility index (Phi) is 5.21. The van der Waals surface area contributed by atoms with E-state index in [0.29, 0.717) is 5.69 Å². The highest BCUT2D eigenvalue weighted by Crippen LogP contribution is 2.20. The van der Waals surface area contributed by atoms with Crippen LogP contribution in [-0.4, -0.2) is 26.3 Å². The van der Waals surface area contributed by atoms with Crippen molar-refractivity contribution in [3.8, 4) is 22.7 Å². The molecule has 0 saturated heterocycles. The number of aryl methyl sites for hydroxylation is 1. The molecule has 2 heterocycles. The van der Waals surface area contributed by atoms with Gasteiger partial charge in [-0.05, 0) is 55.0 Å². The SMILES string of the molecule is COc1ccc(-c2cc(=Nc3c(C)n(C)n(-c4ccccc4)c3=O)c(=O)[nH]n2C)cc1. The summed E-state index contributed by atoms with van der Waals surface area (Å²) < 4.78 is 10.1. The maximum absolute atomic E-state index is 13.1. The van der Waals surface area contributed by atoms with Crippen LogP contribution in [0.5, 0.6) is 5.75 Å².